The van der Waals surface area contributed by atoms with Gasteiger partial charge in [0.25, 0.3) is 0 Å². The molecule has 0 atom stereocenters. The minimum Gasteiger partial charge on any atom is -0.867 e. The Hall–Kier alpha value is -2.65. The summed E-state index contributed by atoms with van der Waals surface area (Å²) in [6.07, 6.45) is 1.11. The van der Waals surface area contributed by atoms with E-state index < -0.39 is 15.6 Å². The van der Waals surface area contributed by atoms with Crippen molar-refractivity contribution in [3.8, 4) is 5.75 Å². The molecule has 0 spiro atoms. The van der Waals surface area contributed by atoms with E-state index in [0.717, 1.165) is 6.26 Å². The summed E-state index contributed by atoms with van der Waals surface area (Å²) in [5, 5.41) is 22.8. The van der Waals surface area contributed by atoms with Gasteiger partial charge in [-0.3, -0.25) is 0 Å². The molecule has 0 heterocycles. The average Bonchev–Trinajstić information content (AvgIpc) is 2.44. The molecule has 0 radical (unpaired) electrons. The van der Waals surface area contributed by atoms with Crippen molar-refractivity contribution in [3.63, 3.8) is 0 Å². The first kappa shape index (κ1) is 13.3. The van der Waals surface area contributed by atoms with Gasteiger partial charge in [0.1, 0.15) is 0 Å². The van der Waals surface area contributed by atoms with Gasteiger partial charge < -0.3 is 5.11 Å². The number of sulfone groups is 1. The molecule has 0 fully saturated rings. The fourth-order valence-electron chi connectivity index (χ4n) is 2.54. The zero-order valence-electron chi connectivity index (χ0n) is 11.1. The lowest BCUT2D eigenvalue weighted by molar-refractivity contribution is -0.264. The summed E-state index contributed by atoms with van der Waals surface area (Å²) in [5.74, 6) is -0.495. The molecule has 0 aliphatic carbocycles. The van der Waals surface area contributed by atoms with Gasteiger partial charge in [0.15, 0.2) is 14.8 Å². The summed E-state index contributed by atoms with van der Waals surface area (Å²) < 4.78 is 24.3. The van der Waals surface area contributed by atoms with Crippen LogP contribution < -0.4 is 5.11 Å². The van der Waals surface area contributed by atoms with E-state index in [-0.39, 0.29) is 16.0 Å². The van der Waals surface area contributed by atoms with Crippen LogP contribution in [0.4, 0.5) is 5.69 Å². The molecular weight excluding hydrogens is 288 g/mol. The van der Waals surface area contributed by atoms with E-state index in [1.54, 1.807) is 30.3 Å². The Labute approximate surface area is 121 Å². The number of rotatable bonds is 1. The van der Waals surface area contributed by atoms with Crippen molar-refractivity contribution in [1.82, 2.24) is 0 Å². The van der Waals surface area contributed by atoms with Crippen LogP contribution in [-0.4, -0.2) is 14.7 Å². The van der Waals surface area contributed by atoms with Crippen molar-refractivity contribution in [2.24, 2.45) is 0 Å². The maximum atomic E-state index is 12.2. The second-order valence-electron chi connectivity index (χ2n) is 4.81. The van der Waals surface area contributed by atoms with E-state index >= 15 is 0 Å². The maximum Gasteiger partial charge on any atom is 0.378 e. The molecule has 0 saturated heterocycles. The van der Waals surface area contributed by atoms with Crippen LogP contribution in [0.3, 0.4) is 0 Å². The van der Waals surface area contributed by atoms with Crippen molar-refractivity contribution >= 4 is 37.1 Å². The Kier molecular flexibility index (Phi) is 2.81. The van der Waals surface area contributed by atoms with Gasteiger partial charge >= 0.3 is 5.69 Å². The maximum absolute atomic E-state index is 12.2. The van der Waals surface area contributed by atoms with Gasteiger partial charge in [-0.2, -0.15) is 0 Å². The number of benzene rings is 3. The predicted octanol–water partition coefficient (Wildman–Crippen LogP) is 2.95. The largest absolute Gasteiger partial charge is 0.867 e. The molecule has 0 aromatic heterocycles. The van der Waals surface area contributed by atoms with Crippen LogP contribution in [0.5, 0.6) is 5.75 Å². The van der Waals surface area contributed by atoms with E-state index in [1.165, 1.54) is 12.1 Å². The monoisotopic (exact) mass is 298 g/mol. The molecule has 3 rings (SSSR count). The minimum atomic E-state index is -3.52. The molecule has 0 bridgehead atoms. The van der Waals surface area contributed by atoms with Gasteiger partial charge in [0.05, 0.1) is 4.90 Å². The Morgan fingerprint density at radius 2 is 1.76 bits per heavy atom. The molecule has 0 aliphatic rings. The number of diazo groups is 1. The topological polar surface area (TPSA) is 85.3 Å². The van der Waals surface area contributed by atoms with Crippen molar-refractivity contribution < 1.29 is 13.5 Å². The third-order valence-electron chi connectivity index (χ3n) is 3.40. The lowest BCUT2D eigenvalue weighted by Gasteiger charge is -2.13. The summed E-state index contributed by atoms with van der Waals surface area (Å²) in [5.41, 5.74) is -0.114. The van der Waals surface area contributed by atoms with Crippen molar-refractivity contribution in [3.05, 3.63) is 47.4 Å². The van der Waals surface area contributed by atoms with Crippen LogP contribution in [0.15, 0.2) is 47.4 Å². The van der Waals surface area contributed by atoms with Gasteiger partial charge in [-0.1, -0.05) is 24.3 Å². The smallest absolute Gasteiger partial charge is 0.378 e. The summed E-state index contributed by atoms with van der Waals surface area (Å²) in [6.45, 7) is 0. The molecule has 0 unspecified atom stereocenters. The molecular formula is C15H10N2O3S. The lowest BCUT2D eigenvalue weighted by atomic mass is 10.0. The normalized spacial score (nSPS) is 11.6. The zero-order valence-corrected chi connectivity index (χ0v) is 11.9. The Morgan fingerprint density at radius 3 is 2.43 bits per heavy atom. The third-order valence-corrected chi connectivity index (χ3v) is 4.59. The minimum absolute atomic E-state index is 0.114. The van der Waals surface area contributed by atoms with Gasteiger partial charge in [0.2, 0.25) is 5.39 Å². The van der Waals surface area contributed by atoms with E-state index in [1.807, 2.05) is 0 Å². The first-order valence-corrected chi connectivity index (χ1v) is 8.03. The SMILES string of the molecule is CS(=O)(=O)c1c2ccccc2cc2c([O-])c([N+]#N)ccc12. The van der Waals surface area contributed by atoms with Crippen molar-refractivity contribution in [2.45, 2.75) is 4.90 Å². The molecule has 104 valence electrons. The number of hydrogen-bond donors (Lipinski definition) is 0. The third kappa shape index (κ3) is 1.99. The van der Waals surface area contributed by atoms with Gasteiger partial charge in [0, 0.05) is 23.1 Å². The highest BCUT2D eigenvalue weighted by molar-refractivity contribution is 7.91. The molecule has 6 heteroatoms. The molecule has 0 aliphatic heterocycles. The number of fused-ring (bicyclic) bond motifs is 2. The van der Waals surface area contributed by atoms with Crippen molar-refractivity contribution in [2.75, 3.05) is 6.26 Å². The van der Waals surface area contributed by atoms with Crippen LogP contribution in [0.1, 0.15) is 0 Å². The van der Waals surface area contributed by atoms with Crippen LogP contribution in [-0.2, 0) is 9.84 Å². The zero-order chi connectivity index (χ0) is 15.2. The molecule has 3 aromatic carbocycles. The Balaban J connectivity index is 2.67. The highest BCUT2D eigenvalue weighted by Crippen LogP contribution is 2.39. The van der Waals surface area contributed by atoms with Gasteiger partial charge in [-0.25, -0.2) is 8.42 Å². The molecule has 0 N–H and O–H groups in total. The standard InChI is InChI=1S/C15H10N2O3S/c1-21(19,20)15-10-5-3-2-4-9(10)8-12-11(15)6-7-13(17-16)14(12)18/h2-8H,1H3. The second-order valence-corrected chi connectivity index (χ2v) is 6.76. The van der Waals surface area contributed by atoms with Crippen LogP contribution >= 0.6 is 0 Å². The van der Waals surface area contributed by atoms with Crippen molar-refractivity contribution in [1.29, 1.82) is 5.39 Å². The highest BCUT2D eigenvalue weighted by atomic mass is 32.2. The summed E-state index contributed by atoms with van der Waals surface area (Å²) in [4.78, 5) is 3.05. The number of hydrogen-bond acceptors (Lipinski definition) is 4. The Bertz CT molecular complexity index is 1030. The summed E-state index contributed by atoms with van der Waals surface area (Å²) in [7, 11) is -3.52. The first-order valence-electron chi connectivity index (χ1n) is 6.14. The summed E-state index contributed by atoms with van der Waals surface area (Å²) in [6, 6.07) is 11.4. The molecule has 0 amide bonds. The quantitative estimate of drug-likeness (QED) is 0.510. The van der Waals surface area contributed by atoms with E-state index in [9.17, 15) is 13.5 Å². The van der Waals surface area contributed by atoms with E-state index in [4.69, 9.17) is 5.39 Å². The molecule has 3 aromatic rings. The second kappa shape index (κ2) is 4.43. The lowest BCUT2D eigenvalue weighted by Crippen LogP contribution is -2.01. The summed E-state index contributed by atoms with van der Waals surface area (Å²) >= 11 is 0. The highest BCUT2D eigenvalue weighted by Gasteiger charge is 2.19. The van der Waals surface area contributed by atoms with E-state index in [2.05, 4.69) is 4.98 Å². The molecule has 5 nitrogen and oxygen atoms in total. The fraction of sp³-hybridized carbons (Fsp3) is 0.0667. The van der Waals surface area contributed by atoms with E-state index in [0.29, 0.717) is 16.2 Å². The number of nitrogens with zero attached hydrogens (tertiary/aromatic N) is 2. The average molecular weight is 298 g/mol. The Morgan fingerprint density at radius 1 is 1.05 bits per heavy atom. The predicted molar refractivity (Wildman–Crippen MR) is 78.8 cm³/mol. The van der Waals surface area contributed by atoms with Gasteiger partial charge in [-0.05, 0) is 28.7 Å². The van der Waals surface area contributed by atoms with Crippen LogP contribution in [0, 0.1) is 5.39 Å². The van der Waals surface area contributed by atoms with Crippen LogP contribution in [0.2, 0.25) is 0 Å². The first-order chi connectivity index (χ1) is 9.93. The fourth-order valence-corrected chi connectivity index (χ4v) is 3.70. The van der Waals surface area contributed by atoms with Crippen LogP contribution in [0.25, 0.3) is 26.5 Å². The molecule has 0 saturated carbocycles. The molecule has 21 heavy (non-hydrogen) atoms. The van der Waals surface area contributed by atoms with Gasteiger partial charge in [-0.15, -0.1) is 0 Å².